The van der Waals surface area contributed by atoms with E-state index in [1.54, 1.807) is 0 Å². The molecule has 24 nitrogen and oxygen atoms in total. The lowest BCUT2D eigenvalue weighted by Gasteiger charge is -2.37. The van der Waals surface area contributed by atoms with Gasteiger partial charge in [-0.1, -0.05) is 12.1 Å². The van der Waals surface area contributed by atoms with E-state index in [4.69, 9.17) is 5.73 Å². The summed E-state index contributed by atoms with van der Waals surface area (Å²) >= 11 is 0.0987. The number of H-pyrrole nitrogens is 3. The van der Waals surface area contributed by atoms with Gasteiger partial charge in [-0.05, 0) is 136 Å². The Labute approximate surface area is 634 Å². The molecule has 8 aromatic rings. The molecule has 4 bridgehead atoms. The number of amides is 7. The molecule has 3 aromatic heterocycles. The van der Waals surface area contributed by atoms with Gasteiger partial charge in [0.05, 0.1) is 45.2 Å². The van der Waals surface area contributed by atoms with E-state index >= 15 is 58.7 Å². The van der Waals surface area contributed by atoms with Gasteiger partial charge >= 0.3 is 5.97 Å². The van der Waals surface area contributed by atoms with Gasteiger partial charge in [0.25, 0.3) is 0 Å². The van der Waals surface area contributed by atoms with Crippen LogP contribution in [0.2, 0.25) is 0 Å². The number of thioether (sulfide) groups is 2. The maximum absolute atomic E-state index is 16.0. The van der Waals surface area contributed by atoms with E-state index < -0.39 is 242 Å². The number of fused-ring (bicyclic) bond motifs is 4. The number of nitrogens with two attached hydrogens (primary N) is 1. The number of rotatable bonds is 14. The molecule has 13 N–H and O–H groups in total. The van der Waals surface area contributed by atoms with Crippen molar-refractivity contribution in [2.75, 3.05) is 24.6 Å². The van der Waals surface area contributed by atoms with Gasteiger partial charge in [0, 0.05) is 103 Å². The molecule has 4 aliphatic heterocycles. The summed E-state index contributed by atoms with van der Waals surface area (Å²) in [5.41, 5.74) is 1.33. The number of nitrogens with one attached hydrogen (secondary N) is 9. The molecular weight excluding hydrogens is 1520 g/mol. The molecule has 0 radical (unpaired) electrons. The Morgan fingerprint density at radius 3 is 1.68 bits per heavy atom. The van der Waals surface area contributed by atoms with Crippen molar-refractivity contribution in [3.63, 3.8) is 0 Å². The number of carbonyl (C=O) groups is 10. The first-order valence-corrected chi connectivity index (χ1v) is 37.2. The van der Waals surface area contributed by atoms with Crippen LogP contribution in [-0.4, -0.2) is 160 Å². The Morgan fingerprint density at radius 2 is 1.12 bits per heavy atom. The molecule has 590 valence electrons. The summed E-state index contributed by atoms with van der Waals surface area (Å²) in [6.07, 6.45) is 0.411. The number of hydrogen-bond donors (Lipinski definition) is 12. The van der Waals surface area contributed by atoms with Crippen LogP contribution in [0.15, 0.2) is 95.4 Å². The number of aliphatic carboxylic acids is 1. The fourth-order valence-corrected chi connectivity index (χ4v) is 15.3. The predicted molar refractivity (Wildman–Crippen MR) is 385 cm³/mol. The summed E-state index contributed by atoms with van der Waals surface area (Å²) < 4.78 is 158. The SMILES string of the molecule is C[C@H]1NC(=O)[C@H](CCCCN)NC(=O)CCSc2c(F)c(F)c(c(F)c2F)-c2c(F)c(F)c(c(F)c2F)SCCCC(=O)[C@]2(C)CCCN2C(=O)[C@H](Cc2ccc(O)cc2)NC(=O)[C@H](Cc2cnc[nH]2)NC(=O)[C@H](CC(=O)O)NC(=O)[C@H](Cc2c[nH]c3ccc(F)cc23)NC(=O)[C@H](Cc2c[nH]c3ccc(F)cc23)CC1=O. The molecule has 1 fully saturated rings. The Kier molecular flexibility index (Phi) is 27.1. The lowest BCUT2D eigenvalue weighted by atomic mass is 9.89. The largest absolute Gasteiger partial charge is 0.508 e. The van der Waals surface area contributed by atoms with E-state index in [1.807, 2.05) is 0 Å². The van der Waals surface area contributed by atoms with Crippen molar-refractivity contribution >= 4 is 104 Å². The van der Waals surface area contributed by atoms with Gasteiger partial charge in [0.15, 0.2) is 58.1 Å². The van der Waals surface area contributed by atoms with Crippen molar-refractivity contribution in [2.45, 2.75) is 155 Å². The monoisotopic (exact) mass is 1590 g/mol. The first-order chi connectivity index (χ1) is 52.8. The summed E-state index contributed by atoms with van der Waals surface area (Å²) in [6, 6.07) is 2.20. The van der Waals surface area contributed by atoms with Crippen molar-refractivity contribution < 1.29 is 102 Å². The molecule has 5 aromatic carbocycles. The van der Waals surface area contributed by atoms with Crippen LogP contribution in [0.3, 0.4) is 0 Å². The quantitative estimate of drug-likeness (QED) is 0.0275. The van der Waals surface area contributed by atoms with Gasteiger partial charge in [-0.3, -0.25) is 47.9 Å². The Balaban J connectivity index is 1.02. The Bertz CT molecular complexity index is 4820. The van der Waals surface area contributed by atoms with Crippen LogP contribution in [-0.2, 0) is 73.6 Å². The van der Waals surface area contributed by atoms with Crippen molar-refractivity contribution in [2.24, 2.45) is 11.7 Å². The molecule has 0 unspecified atom stereocenters. The van der Waals surface area contributed by atoms with Gasteiger partial charge in [-0.15, -0.1) is 23.5 Å². The maximum Gasteiger partial charge on any atom is 0.305 e. The zero-order valence-corrected chi connectivity index (χ0v) is 61.0. The van der Waals surface area contributed by atoms with E-state index in [9.17, 15) is 43.4 Å². The fraction of sp³-hybridized carbons (Fsp3) is 0.373. The average molecular weight is 1590 g/mol. The van der Waals surface area contributed by atoms with Crippen LogP contribution in [0.4, 0.5) is 43.9 Å². The average Bonchev–Trinajstić information content (AvgIpc) is 1.52. The number of carbonyl (C=O) groups excluding carboxylic acids is 9. The van der Waals surface area contributed by atoms with Gasteiger partial charge < -0.3 is 67.7 Å². The molecule has 0 spiro atoms. The number of phenolic OH excluding ortho intramolecular Hbond substituents is 1. The van der Waals surface area contributed by atoms with Crippen molar-refractivity contribution in [1.82, 2.24) is 56.7 Å². The molecule has 12 rings (SSSR count). The molecular formula is C75H76F10N12O12S2. The Morgan fingerprint density at radius 1 is 0.586 bits per heavy atom. The smallest absolute Gasteiger partial charge is 0.305 e. The molecule has 7 amide bonds. The molecule has 111 heavy (non-hydrogen) atoms. The number of unbranched alkanes of at least 4 members (excludes halogenated alkanes) is 1. The highest BCUT2D eigenvalue weighted by atomic mass is 32.2. The summed E-state index contributed by atoms with van der Waals surface area (Å²) in [7, 11) is 0. The van der Waals surface area contributed by atoms with Crippen LogP contribution in [0.5, 0.6) is 5.75 Å². The minimum absolute atomic E-state index is 0.00131. The van der Waals surface area contributed by atoms with E-state index in [0.717, 1.165) is 29.2 Å². The highest BCUT2D eigenvalue weighted by Crippen LogP contribution is 2.43. The summed E-state index contributed by atoms with van der Waals surface area (Å²) in [4.78, 5) is 156. The van der Waals surface area contributed by atoms with E-state index in [0.29, 0.717) is 16.6 Å². The third-order valence-electron chi connectivity index (χ3n) is 19.4. The van der Waals surface area contributed by atoms with Crippen molar-refractivity contribution in [3.05, 3.63) is 166 Å². The van der Waals surface area contributed by atoms with Gasteiger partial charge in [0.2, 0.25) is 41.4 Å². The van der Waals surface area contributed by atoms with E-state index in [2.05, 4.69) is 51.8 Å². The summed E-state index contributed by atoms with van der Waals surface area (Å²) in [5, 5.41) is 36.0. The Hall–Kier alpha value is -10.8. The molecule has 7 heterocycles. The fourth-order valence-electron chi connectivity index (χ4n) is 13.4. The number of aromatic amines is 3. The van der Waals surface area contributed by atoms with Crippen LogP contribution in [0.1, 0.15) is 100 Å². The van der Waals surface area contributed by atoms with Gasteiger partial charge in [0.1, 0.15) is 47.6 Å². The number of Topliss-reactive ketones (excluding diaryl/α,β-unsaturated/α-hetero) is 2. The number of aromatic hydroxyl groups is 1. The number of benzene rings is 5. The van der Waals surface area contributed by atoms with Crippen molar-refractivity contribution in [3.8, 4) is 16.9 Å². The lowest BCUT2D eigenvalue weighted by Crippen LogP contribution is -2.61. The normalized spacial score (nSPS) is 21.8. The summed E-state index contributed by atoms with van der Waals surface area (Å²) in [6.45, 7) is 2.61. The standard InChI is InChI=1S/C75H76F10N12O12S2/c1-35-53(99)26-37(24-38-31-88-46-15-11-40(76)27-44(38)46)69(104)93-49(25-39-32-89-47-16-12-41(77)28-45(39)47)71(106)95-51(30-56(102)103)73(108)94-50(29-42-33-87-34-90-42)72(107)96-52(23-36-9-13-43(98)14-10-36)74(109)97-20-6-18-75(97,2)54(100)8-5-21-110-67-63(82)59(78)57(60(79)64(67)83)58-61(80)65(84)68(66(85)62(58)81)111-22-17-55(101)92-48(70(105)91-35)7-3-4-19-86/h9-16,27-28,31-35,37,48-52,88-89,98H,3-8,17-26,29-30,86H2,1-2H3,(H,87,90)(H,91,105)(H,92,101)(H,93,104)(H,94,108)(H,95,106)(H,96,107)(H,102,103)/t35-,37-,48+,49+,50+,51+,52+,75+/m1/s1. The molecule has 4 aliphatic rings. The van der Waals surface area contributed by atoms with Crippen LogP contribution in [0, 0.1) is 64.1 Å². The third-order valence-corrected chi connectivity index (χ3v) is 21.6. The zero-order chi connectivity index (χ0) is 80.3. The molecule has 36 heteroatoms. The number of carboxylic acid groups (broad SMARTS) is 1. The molecule has 0 aliphatic carbocycles. The minimum Gasteiger partial charge on any atom is -0.508 e. The first kappa shape index (κ1) is 82.7. The second-order valence-corrected chi connectivity index (χ2v) is 29.4. The number of phenols is 1. The zero-order valence-electron chi connectivity index (χ0n) is 59.4. The van der Waals surface area contributed by atoms with E-state index in [-0.39, 0.29) is 115 Å². The number of aromatic nitrogens is 4. The third kappa shape index (κ3) is 19.5. The van der Waals surface area contributed by atoms with Crippen LogP contribution < -0.4 is 37.6 Å². The number of imidazole rings is 1. The van der Waals surface area contributed by atoms with Gasteiger partial charge in [-0.25, -0.2) is 48.9 Å². The number of halogens is 10. The van der Waals surface area contributed by atoms with Crippen LogP contribution in [0.25, 0.3) is 32.9 Å². The number of carboxylic acids is 1. The second-order valence-electron chi connectivity index (χ2n) is 27.2. The lowest BCUT2D eigenvalue weighted by molar-refractivity contribution is -0.146. The first-order valence-electron chi connectivity index (χ1n) is 35.2. The predicted octanol–water partition coefficient (Wildman–Crippen LogP) is 8.53. The van der Waals surface area contributed by atoms with Crippen LogP contribution >= 0.6 is 23.5 Å². The topological polar surface area (TPSA) is 373 Å². The highest BCUT2D eigenvalue weighted by molar-refractivity contribution is 7.99. The highest BCUT2D eigenvalue weighted by Gasteiger charge is 2.48. The second kappa shape index (κ2) is 36.4. The number of ketones is 2. The number of nitrogens with zero attached hydrogens (tertiary/aromatic N) is 2. The van der Waals surface area contributed by atoms with E-state index in [1.165, 1.54) is 75.2 Å². The summed E-state index contributed by atoms with van der Waals surface area (Å²) in [5.74, 6) is -34.3. The maximum atomic E-state index is 16.0. The van der Waals surface area contributed by atoms with Crippen molar-refractivity contribution in [1.29, 1.82) is 0 Å². The van der Waals surface area contributed by atoms with Gasteiger partial charge in [-0.2, -0.15) is 0 Å². The molecule has 8 atom stereocenters. The minimum atomic E-state index is -2.49. The molecule has 1 saturated heterocycles. The number of hydrogen-bond acceptors (Lipinski definition) is 15. The molecule has 0 saturated carbocycles.